The van der Waals surface area contributed by atoms with Crippen molar-refractivity contribution in [3.8, 4) is 11.4 Å². The second-order valence-electron chi connectivity index (χ2n) is 4.85. The molecule has 0 radical (unpaired) electrons. The average Bonchev–Trinajstić information content (AvgIpc) is 2.51. The fraction of sp³-hybridized carbons (Fsp3) is 0.375. The molecule has 4 nitrogen and oxygen atoms in total. The largest absolute Gasteiger partial charge is 0.384 e. The van der Waals surface area contributed by atoms with Crippen LogP contribution in [0.3, 0.4) is 0 Å². The molecule has 0 aliphatic heterocycles. The molecule has 3 N–H and O–H groups in total. The summed E-state index contributed by atoms with van der Waals surface area (Å²) in [5.41, 5.74) is 6.85. The van der Waals surface area contributed by atoms with Crippen molar-refractivity contribution in [3.63, 3.8) is 0 Å². The van der Waals surface area contributed by atoms with E-state index < -0.39 is 0 Å². The van der Waals surface area contributed by atoms with Crippen LogP contribution >= 0.6 is 11.8 Å². The summed E-state index contributed by atoms with van der Waals surface area (Å²) in [7, 11) is 0. The van der Waals surface area contributed by atoms with Crippen LogP contribution in [0.15, 0.2) is 36.4 Å². The summed E-state index contributed by atoms with van der Waals surface area (Å²) in [4.78, 5) is 8.83. The number of unbranched alkanes of at least 4 members (excludes halogenated alkanes) is 2. The molecule has 0 saturated carbocycles. The number of nitrogen functional groups attached to an aromatic ring is 1. The van der Waals surface area contributed by atoms with Crippen molar-refractivity contribution in [3.05, 3.63) is 36.4 Å². The van der Waals surface area contributed by atoms with Crippen LogP contribution in [-0.2, 0) is 0 Å². The highest BCUT2D eigenvalue weighted by atomic mass is 32.2. The van der Waals surface area contributed by atoms with Gasteiger partial charge in [0.05, 0.1) is 0 Å². The maximum absolute atomic E-state index is 5.87. The van der Waals surface area contributed by atoms with E-state index in [1.165, 1.54) is 18.6 Å². The summed E-state index contributed by atoms with van der Waals surface area (Å²) < 4.78 is 0. The van der Waals surface area contributed by atoms with Crippen LogP contribution in [0.4, 0.5) is 11.6 Å². The Morgan fingerprint density at radius 1 is 1.10 bits per heavy atom. The smallest absolute Gasteiger partial charge is 0.163 e. The fourth-order valence-corrected chi connectivity index (χ4v) is 2.53. The Morgan fingerprint density at radius 3 is 2.67 bits per heavy atom. The zero-order valence-corrected chi connectivity index (χ0v) is 13.2. The Hall–Kier alpha value is -1.75. The Balaban J connectivity index is 1.93. The third kappa shape index (κ3) is 5.27. The summed E-state index contributed by atoms with van der Waals surface area (Å²) in [6.07, 6.45) is 5.79. The van der Waals surface area contributed by atoms with E-state index in [0.717, 1.165) is 24.3 Å². The molecular formula is C16H22N4S. The number of hydrogen-bond donors (Lipinski definition) is 2. The zero-order valence-electron chi connectivity index (χ0n) is 12.4. The molecule has 112 valence electrons. The summed E-state index contributed by atoms with van der Waals surface area (Å²) in [5.74, 6) is 3.19. The van der Waals surface area contributed by atoms with Crippen LogP contribution < -0.4 is 11.1 Å². The molecule has 0 fully saturated rings. The topological polar surface area (TPSA) is 63.8 Å². The number of nitrogens with zero attached hydrogens (tertiary/aromatic N) is 2. The van der Waals surface area contributed by atoms with E-state index in [1.54, 1.807) is 6.07 Å². The molecule has 0 unspecified atom stereocenters. The zero-order chi connectivity index (χ0) is 14.9. The SMILES string of the molecule is CSCCCCCNc1cc(N)nc(-c2ccccc2)n1. The molecule has 0 saturated heterocycles. The molecule has 2 aromatic rings. The monoisotopic (exact) mass is 302 g/mol. The van der Waals surface area contributed by atoms with Crippen LogP contribution in [0.5, 0.6) is 0 Å². The second kappa shape index (κ2) is 8.52. The van der Waals surface area contributed by atoms with E-state index in [0.29, 0.717) is 11.6 Å². The third-order valence-electron chi connectivity index (χ3n) is 3.11. The molecule has 0 bridgehead atoms. The quantitative estimate of drug-likeness (QED) is 0.728. The van der Waals surface area contributed by atoms with E-state index in [9.17, 15) is 0 Å². The highest BCUT2D eigenvalue weighted by Gasteiger charge is 2.04. The number of thioether (sulfide) groups is 1. The van der Waals surface area contributed by atoms with Crippen LogP contribution in [0.2, 0.25) is 0 Å². The molecule has 0 spiro atoms. The molecule has 0 atom stereocenters. The van der Waals surface area contributed by atoms with Crippen molar-refractivity contribution < 1.29 is 0 Å². The van der Waals surface area contributed by atoms with E-state index in [1.807, 2.05) is 42.1 Å². The lowest BCUT2D eigenvalue weighted by atomic mass is 10.2. The maximum Gasteiger partial charge on any atom is 0.163 e. The molecule has 0 aliphatic carbocycles. The lowest BCUT2D eigenvalue weighted by Crippen LogP contribution is -2.06. The Bertz CT molecular complexity index is 545. The fourth-order valence-electron chi connectivity index (χ4n) is 2.04. The minimum absolute atomic E-state index is 0.494. The maximum atomic E-state index is 5.87. The number of nitrogens with two attached hydrogens (primary N) is 1. The molecule has 0 aliphatic rings. The second-order valence-corrected chi connectivity index (χ2v) is 5.83. The van der Waals surface area contributed by atoms with Gasteiger partial charge in [0.15, 0.2) is 5.82 Å². The number of anilines is 2. The minimum atomic E-state index is 0.494. The van der Waals surface area contributed by atoms with Gasteiger partial charge in [-0.2, -0.15) is 11.8 Å². The van der Waals surface area contributed by atoms with Crippen LogP contribution in [0, 0.1) is 0 Å². The van der Waals surface area contributed by atoms with Gasteiger partial charge >= 0.3 is 0 Å². The normalized spacial score (nSPS) is 10.5. The van der Waals surface area contributed by atoms with Gasteiger partial charge < -0.3 is 11.1 Å². The van der Waals surface area contributed by atoms with Gasteiger partial charge in [0.2, 0.25) is 0 Å². The standard InChI is InChI=1S/C16H22N4S/c1-21-11-7-3-6-10-18-15-12-14(17)19-16(20-15)13-8-4-2-5-9-13/h2,4-5,8-9,12H,3,6-7,10-11H2,1H3,(H3,17,18,19,20). The highest BCUT2D eigenvalue weighted by molar-refractivity contribution is 7.98. The van der Waals surface area contributed by atoms with Gasteiger partial charge in [-0.25, -0.2) is 9.97 Å². The van der Waals surface area contributed by atoms with E-state index in [2.05, 4.69) is 21.5 Å². The Labute approximate surface area is 130 Å². The Kier molecular flexibility index (Phi) is 6.34. The lowest BCUT2D eigenvalue weighted by molar-refractivity contribution is 0.748. The molecule has 2 rings (SSSR count). The van der Waals surface area contributed by atoms with E-state index >= 15 is 0 Å². The summed E-state index contributed by atoms with van der Waals surface area (Å²) in [6.45, 7) is 0.916. The third-order valence-corrected chi connectivity index (χ3v) is 3.81. The molecule has 5 heteroatoms. The first-order chi connectivity index (χ1) is 10.3. The van der Waals surface area contributed by atoms with Crippen molar-refractivity contribution in [2.45, 2.75) is 19.3 Å². The number of aromatic nitrogens is 2. The van der Waals surface area contributed by atoms with Gasteiger partial charge in [-0.05, 0) is 24.9 Å². The minimum Gasteiger partial charge on any atom is -0.384 e. The summed E-state index contributed by atoms with van der Waals surface area (Å²) >= 11 is 1.90. The Morgan fingerprint density at radius 2 is 1.90 bits per heavy atom. The molecule has 1 aromatic heterocycles. The first-order valence-electron chi connectivity index (χ1n) is 7.22. The van der Waals surface area contributed by atoms with Gasteiger partial charge in [-0.3, -0.25) is 0 Å². The van der Waals surface area contributed by atoms with Crippen LogP contribution in [0.1, 0.15) is 19.3 Å². The van der Waals surface area contributed by atoms with Crippen molar-refractivity contribution >= 4 is 23.4 Å². The van der Waals surface area contributed by atoms with Crippen molar-refractivity contribution in [2.24, 2.45) is 0 Å². The van der Waals surface area contributed by atoms with E-state index in [-0.39, 0.29) is 0 Å². The lowest BCUT2D eigenvalue weighted by Gasteiger charge is -2.08. The predicted octanol–water partition coefficient (Wildman–Crippen LogP) is 3.67. The molecule has 1 aromatic carbocycles. The van der Waals surface area contributed by atoms with Crippen molar-refractivity contribution in [1.29, 1.82) is 0 Å². The number of benzene rings is 1. The van der Waals surface area contributed by atoms with Crippen LogP contribution in [-0.4, -0.2) is 28.5 Å². The first kappa shape index (κ1) is 15.6. The molecule has 1 heterocycles. The van der Waals surface area contributed by atoms with Gasteiger partial charge in [-0.15, -0.1) is 0 Å². The molecule has 0 amide bonds. The molecule has 21 heavy (non-hydrogen) atoms. The predicted molar refractivity (Wildman–Crippen MR) is 92.6 cm³/mol. The van der Waals surface area contributed by atoms with E-state index in [4.69, 9.17) is 5.73 Å². The summed E-state index contributed by atoms with van der Waals surface area (Å²) in [6, 6.07) is 11.7. The number of nitrogens with one attached hydrogen (secondary N) is 1. The van der Waals surface area contributed by atoms with Crippen LogP contribution in [0.25, 0.3) is 11.4 Å². The van der Waals surface area contributed by atoms with Gasteiger partial charge in [0.1, 0.15) is 11.6 Å². The van der Waals surface area contributed by atoms with Gasteiger partial charge in [-0.1, -0.05) is 36.8 Å². The van der Waals surface area contributed by atoms with Crippen molar-refractivity contribution in [1.82, 2.24) is 9.97 Å². The highest BCUT2D eigenvalue weighted by Crippen LogP contribution is 2.18. The number of rotatable bonds is 8. The first-order valence-corrected chi connectivity index (χ1v) is 8.62. The molecular weight excluding hydrogens is 280 g/mol. The average molecular weight is 302 g/mol. The van der Waals surface area contributed by atoms with Crippen molar-refractivity contribution in [2.75, 3.05) is 29.6 Å². The van der Waals surface area contributed by atoms with Gasteiger partial charge in [0, 0.05) is 18.2 Å². The number of hydrogen-bond acceptors (Lipinski definition) is 5. The van der Waals surface area contributed by atoms with Gasteiger partial charge in [0.25, 0.3) is 0 Å². The summed E-state index contributed by atoms with van der Waals surface area (Å²) in [5, 5.41) is 3.33.